The monoisotopic (exact) mass is 267 g/mol. The third-order valence-electron chi connectivity index (χ3n) is 4.44. The molecule has 110 valence electrons. The average molecular weight is 267 g/mol. The number of amides is 2. The highest BCUT2D eigenvalue weighted by atomic mass is 16.2. The number of carbonyl (C=O) groups is 1. The van der Waals surface area contributed by atoms with Crippen molar-refractivity contribution in [2.75, 3.05) is 19.6 Å². The lowest BCUT2D eigenvalue weighted by atomic mass is 9.91. The van der Waals surface area contributed by atoms with E-state index >= 15 is 0 Å². The van der Waals surface area contributed by atoms with Gasteiger partial charge in [-0.2, -0.15) is 0 Å². The van der Waals surface area contributed by atoms with Crippen molar-refractivity contribution in [1.29, 1.82) is 0 Å². The van der Waals surface area contributed by atoms with Gasteiger partial charge in [0.1, 0.15) is 0 Å². The minimum atomic E-state index is 0.175. The van der Waals surface area contributed by atoms with Crippen molar-refractivity contribution >= 4 is 6.03 Å². The van der Waals surface area contributed by atoms with Gasteiger partial charge in [0.15, 0.2) is 0 Å². The Morgan fingerprint density at radius 2 is 1.58 bits per heavy atom. The van der Waals surface area contributed by atoms with Gasteiger partial charge >= 0.3 is 6.03 Å². The van der Waals surface area contributed by atoms with Crippen molar-refractivity contribution in [3.8, 4) is 0 Å². The van der Waals surface area contributed by atoms with E-state index in [2.05, 4.69) is 17.6 Å². The topological polar surface area (TPSA) is 44.4 Å². The summed E-state index contributed by atoms with van der Waals surface area (Å²) < 4.78 is 0. The van der Waals surface area contributed by atoms with Crippen LogP contribution in [-0.4, -0.2) is 42.6 Å². The molecule has 19 heavy (non-hydrogen) atoms. The van der Waals surface area contributed by atoms with Gasteiger partial charge in [-0.05, 0) is 45.1 Å². The Bertz CT molecular complexity index is 267. The van der Waals surface area contributed by atoms with Crippen LogP contribution < -0.4 is 10.6 Å². The van der Waals surface area contributed by atoms with Gasteiger partial charge in [0, 0.05) is 25.2 Å². The number of hydrogen-bond acceptors (Lipinski definition) is 2. The van der Waals surface area contributed by atoms with Crippen LogP contribution in [0, 0.1) is 0 Å². The first kappa shape index (κ1) is 14.6. The van der Waals surface area contributed by atoms with Gasteiger partial charge in [0.2, 0.25) is 0 Å². The zero-order valence-corrected chi connectivity index (χ0v) is 12.3. The first-order valence-electron chi connectivity index (χ1n) is 8.08. The second kappa shape index (κ2) is 7.73. The maximum atomic E-state index is 12.2. The highest BCUT2D eigenvalue weighted by molar-refractivity contribution is 5.74. The van der Waals surface area contributed by atoms with Crippen LogP contribution in [0.2, 0.25) is 0 Å². The predicted octanol–water partition coefficient (Wildman–Crippen LogP) is 2.49. The summed E-state index contributed by atoms with van der Waals surface area (Å²) in [6, 6.07) is 1.23. The van der Waals surface area contributed by atoms with Crippen LogP contribution >= 0.6 is 0 Å². The fourth-order valence-electron chi connectivity index (χ4n) is 3.27. The molecule has 4 heteroatoms. The van der Waals surface area contributed by atoms with Crippen molar-refractivity contribution in [3.05, 3.63) is 0 Å². The van der Waals surface area contributed by atoms with E-state index in [1.54, 1.807) is 0 Å². The molecule has 2 N–H and O–H groups in total. The molecule has 1 heterocycles. The number of likely N-dealkylation sites (tertiary alicyclic amines) is 1. The molecule has 0 aromatic rings. The first-order valence-corrected chi connectivity index (χ1v) is 8.08. The van der Waals surface area contributed by atoms with Gasteiger partial charge in [-0.15, -0.1) is 0 Å². The number of nitrogens with one attached hydrogen (secondary N) is 2. The molecule has 1 aliphatic heterocycles. The quantitative estimate of drug-likeness (QED) is 0.825. The Kier molecular flexibility index (Phi) is 5.95. The molecule has 4 nitrogen and oxygen atoms in total. The summed E-state index contributed by atoms with van der Waals surface area (Å²) in [5.74, 6) is 0. The molecular weight excluding hydrogens is 238 g/mol. The van der Waals surface area contributed by atoms with E-state index in [0.717, 1.165) is 32.5 Å². The summed E-state index contributed by atoms with van der Waals surface area (Å²) in [6.45, 7) is 5.10. The molecule has 1 saturated heterocycles. The summed E-state index contributed by atoms with van der Waals surface area (Å²) in [7, 11) is 0. The molecule has 1 aliphatic carbocycles. The van der Waals surface area contributed by atoms with Crippen LogP contribution in [0.3, 0.4) is 0 Å². The Balaban J connectivity index is 1.70. The fraction of sp³-hybridized carbons (Fsp3) is 0.933. The molecule has 0 spiro atoms. The summed E-state index contributed by atoms with van der Waals surface area (Å²) in [5, 5.41) is 6.75. The molecule has 0 aromatic carbocycles. The summed E-state index contributed by atoms with van der Waals surface area (Å²) >= 11 is 0. The van der Waals surface area contributed by atoms with E-state index in [1.165, 1.54) is 38.5 Å². The van der Waals surface area contributed by atoms with Crippen molar-refractivity contribution in [2.45, 2.75) is 70.4 Å². The molecule has 2 amide bonds. The fourth-order valence-corrected chi connectivity index (χ4v) is 3.27. The third-order valence-corrected chi connectivity index (χ3v) is 4.44. The van der Waals surface area contributed by atoms with Crippen LogP contribution in [0.1, 0.15) is 58.3 Å². The van der Waals surface area contributed by atoms with Crippen LogP contribution in [0.15, 0.2) is 0 Å². The van der Waals surface area contributed by atoms with Crippen molar-refractivity contribution in [1.82, 2.24) is 15.5 Å². The summed E-state index contributed by atoms with van der Waals surface area (Å²) in [4.78, 5) is 14.2. The van der Waals surface area contributed by atoms with Crippen LogP contribution in [0.5, 0.6) is 0 Å². The second-order valence-electron chi connectivity index (χ2n) is 5.96. The molecule has 2 rings (SSSR count). The van der Waals surface area contributed by atoms with Gasteiger partial charge in [-0.25, -0.2) is 4.79 Å². The maximum absolute atomic E-state index is 12.2. The molecule has 0 atom stereocenters. The minimum absolute atomic E-state index is 0.175. The largest absolute Gasteiger partial charge is 0.335 e. The van der Waals surface area contributed by atoms with Crippen LogP contribution in [0.4, 0.5) is 4.79 Å². The number of urea groups is 1. The van der Waals surface area contributed by atoms with Crippen molar-refractivity contribution in [2.24, 2.45) is 0 Å². The summed E-state index contributed by atoms with van der Waals surface area (Å²) in [5.41, 5.74) is 0. The second-order valence-corrected chi connectivity index (χ2v) is 5.96. The van der Waals surface area contributed by atoms with Crippen molar-refractivity contribution < 1.29 is 4.79 Å². The molecule has 0 bridgehead atoms. The third kappa shape index (κ3) is 4.68. The molecule has 2 fully saturated rings. The maximum Gasteiger partial charge on any atom is 0.317 e. The Hall–Kier alpha value is -0.770. The number of rotatable bonds is 3. The first-order chi connectivity index (χ1) is 9.29. The molecule has 1 saturated carbocycles. The Labute approximate surface area is 117 Å². The van der Waals surface area contributed by atoms with Crippen LogP contribution in [0.25, 0.3) is 0 Å². The average Bonchev–Trinajstić information content (AvgIpc) is 2.70. The van der Waals surface area contributed by atoms with Gasteiger partial charge in [0.25, 0.3) is 0 Å². The van der Waals surface area contributed by atoms with E-state index in [1.807, 2.05) is 4.90 Å². The van der Waals surface area contributed by atoms with E-state index in [9.17, 15) is 4.79 Å². The van der Waals surface area contributed by atoms with Gasteiger partial charge < -0.3 is 15.5 Å². The molecule has 0 radical (unpaired) electrons. The van der Waals surface area contributed by atoms with Crippen molar-refractivity contribution in [3.63, 3.8) is 0 Å². The van der Waals surface area contributed by atoms with Crippen LogP contribution in [-0.2, 0) is 0 Å². The Morgan fingerprint density at radius 3 is 2.16 bits per heavy atom. The highest BCUT2D eigenvalue weighted by Gasteiger charge is 2.23. The molecule has 0 unspecified atom stereocenters. The van der Waals surface area contributed by atoms with Gasteiger partial charge in [0.05, 0.1) is 0 Å². The summed E-state index contributed by atoms with van der Waals surface area (Å²) in [6.07, 6.45) is 9.52. The predicted molar refractivity (Wildman–Crippen MR) is 78.3 cm³/mol. The zero-order chi connectivity index (χ0) is 13.5. The minimum Gasteiger partial charge on any atom is -0.335 e. The Morgan fingerprint density at radius 1 is 1.00 bits per heavy atom. The molecule has 0 aromatic heterocycles. The smallest absolute Gasteiger partial charge is 0.317 e. The SMILES string of the molecule is CCNC1CCC(NC(=O)N2CCCCCC2)CC1. The van der Waals surface area contributed by atoms with Gasteiger partial charge in [-0.1, -0.05) is 19.8 Å². The lowest BCUT2D eigenvalue weighted by Crippen LogP contribution is -2.47. The zero-order valence-electron chi connectivity index (χ0n) is 12.3. The molecule has 2 aliphatic rings. The lowest BCUT2D eigenvalue weighted by Gasteiger charge is -2.31. The lowest BCUT2D eigenvalue weighted by molar-refractivity contribution is 0.190. The molecular formula is C15H29N3O. The normalized spacial score (nSPS) is 28.8. The van der Waals surface area contributed by atoms with E-state index in [-0.39, 0.29) is 6.03 Å². The van der Waals surface area contributed by atoms with E-state index in [4.69, 9.17) is 0 Å². The van der Waals surface area contributed by atoms with E-state index in [0.29, 0.717) is 12.1 Å². The number of carbonyl (C=O) groups excluding carboxylic acids is 1. The van der Waals surface area contributed by atoms with Gasteiger partial charge in [-0.3, -0.25) is 0 Å². The standard InChI is InChI=1S/C15H29N3O/c1-2-16-13-7-9-14(10-8-13)17-15(19)18-11-5-3-4-6-12-18/h13-14,16H,2-12H2,1H3,(H,17,19). The van der Waals surface area contributed by atoms with E-state index < -0.39 is 0 Å². The highest BCUT2D eigenvalue weighted by Crippen LogP contribution is 2.19. The number of hydrogen-bond donors (Lipinski definition) is 2. The number of nitrogens with zero attached hydrogens (tertiary/aromatic N) is 1.